The van der Waals surface area contributed by atoms with Crippen molar-refractivity contribution >= 4 is 17.6 Å². The van der Waals surface area contributed by atoms with Crippen molar-refractivity contribution in [1.29, 1.82) is 0 Å². The first-order valence-corrected chi connectivity index (χ1v) is 10.3. The Morgan fingerprint density at radius 3 is 2.52 bits per heavy atom. The molecule has 2 amide bonds. The third kappa shape index (κ3) is 5.06. The molecule has 0 radical (unpaired) electrons. The maximum atomic E-state index is 13.1. The van der Waals surface area contributed by atoms with E-state index in [1.165, 1.54) is 0 Å². The maximum absolute atomic E-state index is 13.1. The van der Waals surface area contributed by atoms with Crippen molar-refractivity contribution in [3.05, 3.63) is 78.1 Å². The van der Waals surface area contributed by atoms with Gasteiger partial charge in [0, 0.05) is 31.4 Å². The second kappa shape index (κ2) is 9.38. The molecule has 2 aromatic heterocycles. The summed E-state index contributed by atoms with van der Waals surface area (Å²) in [5.74, 6) is 1.11. The number of nitrogens with one attached hydrogen (secondary N) is 1. The summed E-state index contributed by atoms with van der Waals surface area (Å²) >= 11 is 0. The lowest BCUT2D eigenvalue weighted by Gasteiger charge is -2.31. The number of carbonyl (C=O) groups is 2. The van der Waals surface area contributed by atoms with E-state index in [9.17, 15) is 9.59 Å². The van der Waals surface area contributed by atoms with Crippen LogP contribution in [-0.2, 0) is 4.79 Å². The normalized spacial score (nSPS) is 14.2. The molecule has 0 saturated carbocycles. The zero-order valence-corrected chi connectivity index (χ0v) is 17.3. The van der Waals surface area contributed by atoms with E-state index < -0.39 is 0 Å². The van der Waals surface area contributed by atoms with E-state index in [1.54, 1.807) is 29.4 Å². The minimum Gasteiger partial charge on any atom is -0.438 e. The Morgan fingerprint density at radius 2 is 1.77 bits per heavy atom. The van der Waals surface area contributed by atoms with Crippen LogP contribution < -0.4 is 10.1 Å². The van der Waals surface area contributed by atoms with Gasteiger partial charge in [0.25, 0.3) is 5.91 Å². The number of likely N-dealkylation sites (tertiary alicyclic amines) is 1. The number of ether oxygens (including phenoxy) is 1. The van der Waals surface area contributed by atoms with Gasteiger partial charge in [-0.25, -0.2) is 9.97 Å². The second-order valence-electron chi connectivity index (χ2n) is 7.55. The number of rotatable bonds is 5. The van der Waals surface area contributed by atoms with Crippen LogP contribution >= 0.6 is 0 Å². The number of benzene rings is 1. The van der Waals surface area contributed by atoms with E-state index in [0.717, 1.165) is 5.56 Å². The fourth-order valence-electron chi connectivity index (χ4n) is 3.58. The minimum absolute atomic E-state index is 0.0559. The molecule has 31 heavy (non-hydrogen) atoms. The van der Waals surface area contributed by atoms with Gasteiger partial charge in [-0.1, -0.05) is 18.2 Å². The standard InChI is InChI=1S/C24H24N4O3/c1-17-9-13-25-21(16-17)27-22(29)18-10-14-28(15-11-18)24(30)20-8-5-12-26-23(20)31-19-6-3-2-4-7-19/h2-9,12-13,16,18H,10-11,14-15H2,1H3,(H,25,27,29). The minimum atomic E-state index is -0.153. The average molecular weight is 416 g/mol. The third-order valence-electron chi connectivity index (χ3n) is 5.28. The van der Waals surface area contributed by atoms with Gasteiger partial charge in [0.05, 0.1) is 0 Å². The summed E-state index contributed by atoms with van der Waals surface area (Å²) < 4.78 is 5.83. The summed E-state index contributed by atoms with van der Waals surface area (Å²) in [6.07, 6.45) is 4.47. The molecule has 3 heterocycles. The zero-order chi connectivity index (χ0) is 21.6. The summed E-state index contributed by atoms with van der Waals surface area (Å²) in [7, 11) is 0. The van der Waals surface area contributed by atoms with Crippen LogP contribution in [0, 0.1) is 12.8 Å². The Hall–Kier alpha value is -3.74. The van der Waals surface area contributed by atoms with Gasteiger partial charge in [0.2, 0.25) is 11.8 Å². The summed E-state index contributed by atoms with van der Waals surface area (Å²) in [4.78, 5) is 35.9. The predicted molar refractivity (Wildman–Crippen MR) is 117 cm³/mol. The molecular formula is C24H24N4O3. The van der Waals surface area contributed by atoms with E-state index in [2.05, 4.69) is 15.3 Å². The first-order chi connectivity index (χ1) is 15.1. The van der Waals surface area contributed by atoms with Gasteiger partial charge < -0.3 is 15.0 Å². The van der Waals surface area contributed by atoms with E-state index in [-0.39, 0.29) is 23.6 Å². The van der Waals surface area contributed by atoms with Crippen LogP contribution in [0.4, 0.5) is 5.82 Å². The molecular weight excluding hydrogens is 392 g/mol. The van der Waals surface area contributed by atoms with Gasteiger partial charge in [-0.15, -0.1) is 0 Å². The lowest BCUT2D eigenvalue weighted by atomic mass is 9.95. The summed E-state index contributed by atoms with van der Waals surface area (Å²) in [5.41, 5.74) is 1.45. The average Bonchev–Trinajstić information content (AvgIpc) is 2.80. The molecule has 4 rings (SSSR count). The number of hydrogen-bond donors (Lipinski definition) is 1. The number of carbonyl (C=O) groups excluding carboxylic acids is 2. The Balaban J connectivity index is 1.38. The first kappa shape index (κ1) is 20.5. The number of nitrogens with zero attached hydrogens (tertiary/aromatic N) is 3. The Morgan fingerprint density at radius 1 is 1.00 bits per heavy atom. The van der Waals surface area contributed by atoms with Crippen LogP contribution in [0.25, 0.3) is 0 Å². The predicted octanol–water partition coefficient (Wildman–Crippen LogP) is 4.07. The molecule has 1 aromatic carbocycles. The zero-order valence-electron chi connectivity index (χ0n) is 17.3. The fourth-order valence-corrected chi connectivity index (χ4v) is 3.58. The molecule has 0 spiro atoms. The summed E-state index contributed by atoms with van der Waals surface area (Å²) in [6.45, 7) is 2.95. The number of anilines is 1. The van der Waals surface area contributed by atoms with Crippen molar-refractivity contribution in [3.8, 4) is 11.6 Å². The Bertz CT molecular complexity index is 1060. The smallest absolute Gasteiger partial charge is 0.259 e. The molecule has 0 aliphatic carbocycles. The van der Waals surface area contributed by atoms with E-state index in [1.807, 2.05) is 49.4 Å². The van der Waals surface area contributed by atoms with Crippen LogP contribution in [0.15, 0.2) is 67.0 Å². The number of hydrogen-bond acceptors (Lipinski definition) is 5. The summed E-state index contributed by atoms with van der Waals surface area (Å²) in [6, 6.07) is 16.4. The van der Waals surface area contributed by atoms with Crippen molar-refractivity contribution in [2.75, 3.05) is 18.4 Å². The molecule has 158 valence electrons. The van der Waals surface area contributed by atoms with Crippen molar-refractivity contribution in [2.24, 2.45) is 5.92 Å². The molecule has 0 unspecified atom stereocenters. The molecule has 7 nitrogen and oxygen atoms in total. The molecule has 0 atom stereocenters. The second-order valence-corrected chi connectivity index (χ2v) is 7.55. The van der Waals surface area contributed by atoms with E-state index in [4.69, 9.17) is 4.74 Å². The van der Waals surface area contributed by atoms with Gasteiger partial charge in [-0.05, 0) is 61.7 Å². The van der Waals surface area contributed by atoms with Gasteiger partial charge in [0.15, 0.2) is 0 Å². The fraction of sp³-hybridized carbons (Fsp3) is 0.250. The van der Waals surface area contributed by atoms with Crippen LogP contribution in [0.3, 0.4) is 0 Å². The number of piperidine rings is 1. The van der Waals surface area contributed by atoms with E-state index >= 15 is 0 Å². The SMILES string of the molecule is Cc1ccnc(NC(=O)C2CCN(C(=O)c3cccnc3Oc3ccccc3)CC2)c1. The van der Waals surface area contributed by atoms with Gasteiger partial charge in [0.1, 0.15) is 17.1 Å². The van der Waals surface area contributed by atoms with Crippen molar-refractivity contribution < 1.29 is 14.3 Å². The lowest BCUT2D eigenvalue weighted by Crippen LogP contribution is -2.41. The van der Waals surface area contributed by atoms with Crippen molar-refractivity contribution in [2.45, 2.75) is 19.8 Å². The first-order valence-electron chi connectivity index (χ1n) is 10.3. The molecule has 1 N–H and O–H groups in total. The van der Waals surface area contributed by atoms with Gasteiger partial charge in [-0.2, -0.15) is 0 Å². The summed E-state index contributed by atoms with van der Waals surface area (Å²) in [5, 5.41) is 2.88. The van der Waals surface area contributed by atoms with Gasteiger partial charge in [-0.3, -0.25) is 9.59 Å². The molecule has 7 heteroatoms. The van der Waals surface area contributed by atoms with Crippen LogP contribution in [0.2, 0.25) is 0 Å². The molecule has 1 saturated heterocycles. The largest absolute Gasteiger partial charge is 0.438 e. The number of aromatic nitrogens is 2. The molecule has 1 aliphatic rings. The number of para-hydroxylation sites is 1. The number of aryl methyl sites for hydroxylation is 1. The van der Waals surface area contributed by atoms with Crippen molar-refractivity contribution in [1.82, 2.24) is 14.9 Å². The van der Waals surface area contributed by atoms with E-state index in [0.29, 0.717) is 43.1 Å². The van der Waals surface area contributed by atoms with Crippen LogP contribution in [0.1, 0.15) is 28.8 Å². The Labute approximate surface area is 181 Å². The molecule has 1 aliphatic heterocycles. The van der Waals surface area contributed by atoms with Crippen LogP contribution in [0.5, 0.6) is 11.6 Å². The molecule has 0 bridgehead atoms. The quantitative estimate of drug-likeness (QED) is 0.678. The highest BCUT2D eigenvalue weighted by molar-refractivity contribution is 5.97. The van der Waals surface area contributed by atoms with Gasteiger partial charge >= 0.3 is 0 Å². The third-order valence-corrected chi connectivity index (χ3v) is 5.28. The highest BCUT2D eigenvalue weighted by Gasteiger charge is 2.29. The highest BCUT2D eigenvalue weighted by Crippen LogP contribution is 2.26. The van der Waals surface area contributed by atoms with Crippen LogP contribution in [-0.4, -0.2) is 39.8 Å². The number of amides is 2. The van der Waals surface area contributed by atoms with Crippen molar-refractivity contribution in [3.63, 3.8) is 0 Å². The highest BCUT2D eigenvalue weighted by atomic mass is 16.5. The topological polar surface area (TPSA) is 84.4 Å². The Kier molecular flexibility index (Phi) is 6.21. The monoisotopic (exact) mass is 416 g/mol. The molecule has 1 fully saturated rings. The molecule has 3 aromatic rings. The number of pyridine rings is 2. The maximum Gasteiger partial charge on any atom is 0.259 e. The lowest BCUT2D eigenvalue weighted by molar-refractivity contribution is -0.121.